The molecule has 5 rings (SSSR count). The van der Waals surface area contributed by atoms with E-state index in [0.717, 1.165) is 54.4 Å². The van der Waals surface area contributed by atoms with E-state index in [1.165, 1.54) is 6.92 Å². The van der Waals surface area contributed by atoms with Gasteiger partial charge in [0.05, 0.1) is 11.1 Å². The number of halogens is 3. The fraction of sp³-hybridized carbons (Fsp3) is 0.292. The van der Waals surface area contributed by atoms with E-state index in [1.807, 2.05) is 30.5 Å². The van der Waals surface area contributed by atoms with Gasteiger partial charge in [0, 0.05) is 37.0 Å². The Morgan fingerprint density at radius 2 is 2.06 bits per heavy atom. The van der Waals surface area contributed by atoms with Gasteiger partial charge in [0.25, 0.3) is 0 Å². The lowest BCUT2D eigenvalue weighted by Crippen LogP contribution is -2.35. The maximum atomic E-state index is 13.1. The molecule has 8 nitrogen and oxygen atoms in total. The summed E-state index contributed by atoms with van der Waals surface area (Å²) in [6, 6.07) is 9.68. The fourth-order valence-electron chi connectivity index (χ4n) is 4.52. The standard InChI is InChI=1S/C24H23F3N6O2/c1-14-10-19(20(35-14)24(25,26)27)32-23(34)31-17-6-2-4-15(11-17)16-5-3-9-33(12-16)22-18-7-8-28-21(18)29-13-30-22/h2,4,6-8,10-11,13,16H,3,5,9,12H2,1H3,(H,28,29,30)(H2,31,32,34). The summed E-state index contributed by atoms with van der Waals surface area (Å²) in [6.45, 7) is 3.01. The lowest BCUT2D eigenvalue weighted by molar-refractivity contribution is -0.152. The van der Waals surface area contributed by atoms with Gasteiger partial charge in [0.2, 0.25) is 5.76 Å². The van der Waals surface area contributed by atoms with Gasteiger partial charge in [-0.2, -0.15) is 13.2 Å². The van der Waals surface area contributed by atoms with Crippen LogP contribution in [0, 0.1) is 6.92 Å². The molecule has 3 N–H and O–H groups in total. The molecule has 4 aromatic rings. The minimum Gasteiger partial charge on any atom is -0.455 e. The molecule has 11 heteroatoms. The largest absolute Gasteiger partial charge is 0.455 e. The number of fused-ring (bicyclic) bond motifs is 1. The number of benzene rings is 1. The highest BCUT2D eigenvalue weighted by atomic mass is 19.4. The van der Waals surface area contributed by atoms with Crippen molar-refractivity contribution in [3.8, 4) is 0 Å². The van der Waals surface area contributed by atoms with Gasteiger partial charge in [0.1, 0.15) is 23.6 Å². The van der Waals surface area contributed by atoms with E-state index in [1.54, 1.807) is 12.4 Å². The van der Waals surface area contributed by atoms with E-state index in [-0.39, 0.29) is 11.7 Å². The summed E-state index contributed by atoms with van der Waals surface area (Å²) < 4.78 is 44.1. The second-order valence-electron chi connectivity index (χ2n) is 8.52. The molecule has 1 unspecified atom stereocenters. The first-order chi connectivity index (χ1) is 16.8. The fourth-order valence-corrected chi connectivity index (χ4v) is 4.52. The van der Waals surface area contributed by atoms with Gasteiger partial charge in [-0.1, -0.05) is 12.1 Å². The number of nitrogens with one attached hydrogen (secondary N) is 3. The number of anilines is 3. The predicted octanol–water partition coefficient (Wildman–Crippen LogP) is 5.91. The number of rotatable bonds is 4. The quantitative estimate of drug-likeness (QED) is 0.335. The molecule has 0 radical (unpaired) electrons. The molecule has 0 saturated carbocycles. The molecule has 1 aliphatic rings. The lowest BCUT2D eigenvalue weighted by Gasteiger charge is -2.34. The maximum absolute atomic E-state index is 13.1. The zero-order chi connectivity index (χ0) is 24.6. The van der Waals surface area contributed by atoms with Crippen LogP contribution in [-0.2, 0) is 6.18 Å². The number of aromatic nitrogens is 3. The second kappa shape index (κ2) is 8.97. The van der Waals surface area contributed by atoms with Crippen molar-refractivity contribution in [1.82, 2.24) is 15.0 Å². The van der Waals surface area contributed by atoms with Gasteiger partial charge in [-0.25, -0.2) is 14.8 Å². The number of nitrogens with zero attached hydrogens (tertiary/aromatic N) is 3. The van der Waals surface area contributed by atoms with Crippen LogP contribution in [0.25, 0.3) is 11.0 Å². The van der Waals surface area contributed by atoms with E-state index in [9.17, 15) is 18.0 Å². The number of carbonyl (C=O) groups is 1. The highest BCUT2D eigenvalue weighted by molar-refractivity contribution is 6.00. The van der Waals surface area contributed by atoms with Crippen LogP contribution in [0.3, 0.4) is 0 Å². The van der Waals surface area contributed by atoms with E-state index < -0.39 is 23.7 Å². The Kier molecular flexibility index (Phi) is 5.83. The Labute approximate surface area is 198 Å². The molecule has 1 aromatic carbocycles. The van der Waals surface area contributed by atoms with E-state index in [4.69, 9.17) is 4.42 Å². The Morgan fingerprint density at radius 3 is 2.89 bits per heavy atom. The maximum Gasteiger partial charge on any atom is 0.451 e. The number of hydrogen-bond acceptors (Lipinski definition) is 5. The van der Waals surface area contributed by atoms with Crippen LogP contribution in [-0.4, -0.2) is 34.1 Å². The zero-order valence-electron chi connectivity index (χ0n) is 18.8. The van der Waals surface area contributed by atoms with E-state index >= 15 is 0 Å². The van der Waals surface area contributed by atoms with Crippen LogP contribution in [0.5, 0.6) is 0 Å². The molecular formula is C24H23F3N6O2. The van der Waals surface area contributed by atoms with Gasteiger partial charge < -0.3 is 24.9 Å². The van der Waals surface area contributed by atoms with Crippen molar-refractivity contribution < 1.29 is 22.4 Å². The topological polar surface area (TPSA) is 99.1 Å². The van der Waals surface area contributed by atoms with Crippen LogP contribution in [0.1, 0.15) is 35.8 Å². The van der Waals surface area contributed by atoms with Crippen molar-refractivity contribution in [1.29, 1.82) is 0 Å². The monoisotopic (exact) mass is 484 g/mol. The van der Waals surface area contributed by atoms with Gasteiger partial charge >= 0.3 is 12.2 Å². The highest BCUT2D eigenvalue weighted by Gasteiger charge is 2.38. The highest BCUT2D eigenvalue weighted by Crippen LogP contribution is 2.37. The number of alkyl halides is 3. The van der Waals surface area contributed by atoms with Gasteiger partial charge in [-0.3, -0.25) is 0 Å². The van der Waals surface area contributed by atoms with E-state index in [2.05, 4.69) is 30.5 Å². The summed E-state index contributed by atoms with van der Waals surface area (Å²) in [6.07, 6.45) is 0.619. The SMILES string of the molecule is Cc1cc(NC(=O)Nc2cccc(C3CCCN(c4ncnc5[nH]ccc45)C3)c2)c(C(F)(F)F)o1. The molecule has 1 saturated heterocycles. The Balaban J connectivity index is 1.29. The zero-order valence-corrected chi connectivity index (χ0v) is 18.8. The van der Waals surface area contributed by atoms with Crippen LogP contribution in [0.15, 0.2) is 53.3 Å². The van der Waals surface area contributed by atoms with Crippen LogP contribution in [0.2, 0.25) is 0 Å². The predicted molar refractivity (Wildman–Crippen MR) is 126 cm³/mol. The number of furan rings is 1. The molecule has 182 valence electrons. The molecule has 1 aliphatic heterocycles. The first kappa shape index (κ1) is 22.8. The lowest BCUT2D eigenvalue weighted by atomic mass is 9.90. The van der Waals surface area contributed by atoms with Gasteiger partial charge in [-0.05, 0) is 43.5 Å². The average molecular weight is 484 g/mol. The van der Waals surface area contributed by atoms with Crippen LogP contribution in [0.4, 0.5) is 35.2 Å². The summed E-state index contributed by atoms with van der Waals surface area (Å²) in [5.41, 5.74) is 1.88. The number of urea groups is 1. The number of aromatic amines is 1. The normalized spacial score (nSPS) is 16.5. The first-order valence-corrected chi connectivity index (χ1v) is 11.2. The second-order valence-corrected chi connectivity index (χ2v) is 8.52. The third kappa shape index (κ3) is 4.79. The third-order valence-electron chi connectivity index (χ3n) is 6.03. The van der Waals surface area contributed by atoms with Crippen molar-refractivity contribution in [3.05, 3.63) is 66.0 Å². The average Bonchev–Trinajstić information content (AvgIpc) is 3.45. The van der Waals surface area contributed by atoms with Gasteiger partial charge in [0.15, 0.2) is 0 Å². The molecule has 1 fully saturated rings. The van der Waals surface area contributed by atoms with Gasteiger partial charge in [-0.15, -0.1) is 0 Å². The van der Waals surface area contributed by atoms with Crippen molar-refractivity contribution in [2.24, 2.45) is 0 Å². The molecule has 35 heavy (non-hydrogen) atoms. The van der Waals surface area contributed by atoms with Crippen molar-refractivity contribution >= 4 is 34.3 Å². The Hall–Kier alpha value is -4.02. The third-order valence-corrected chi connectivity index (χ3v) is 6.03. The molecule has 1 atom stereocenters. The summed E-state index contributed by atoms with van der Waals surface area (Å²) in [4.78, 5) is 26.5. The summed E-state index contributed by atoms with van der Waals surface area (Å²) in [5.74, 6) is -0.101. The smallest absolute Gasteiger partial charge is 0.451 e. The number of aryl methyl sites for hydroxylation is 1. The molecular weight excluding hydrogens is 461 g/mol. The molecule has 0 spiro atoms. The Morgan fingerprint density at radius 1 is 1.20 bits per heavy atom. The summed E-state index contributed by atoms with van der Waals surface area (Å²) in [5, 5.41) is 5.83. The Bertz CT molecular complexity index is 1360. The minimum atomic E-state index is -4.71. The summed E-state index contributed by atoms with van der Waals surface area (Å²) in [7, 11) is 0. The van der Waals surface area contributed by atoms with Crippen molar-refractivity contribution in [2.75, 3.05) is 28.6 Å². The minimum absolute atomic E-state index is 0.0528. The van der Waals surface area contributed by atoms with E-state index in [0.29, 0.717) is 5.69 Å². The molecule has 0 bridgehead atoms. The van der Waals surface area contributed by atoms with Crippen molar-refractivity contribution in [2.45, 2.75) is 31.9 Å². The van der Waals surface area contributed by atoms with Crippen LogP contribution >= 0.6 is 0 Å². The summed E-state index contributed by atoms with van der Waals surface area (Å²) >= 11 is 0. The number of carbonyl (C=O) groups excluding carboxylic acids is 1. The molecule has 3 aromatic heterocycles. The number of piperidine rings is 1. The number of amides is 2. The molecule has 0 aliphatic carbocycles. The number of H-pyrrole nitrogens is 1. The number of hydrogen-bond donors (Lipinski definition) is 3. The van der Waals surface area contributed by atoms with Crippen molar-refractivity contribution in [3.63, 3.8) is 0 Å². The van der Waals surface area contributed by atoms with Crippen LogP contribution < -0.4 is 15.5 Å². The molecule has 4 heterocycles. The first-order valence-electron chi connectivity index (χ1n) is 11.2. The molecule has 2 amide bonds.